The van der Waals surface area contributed by atoms with Gasteiger partial charge in [-0.1, -0.05) is 23.7 Å². The molecule has 6 heteroatoms. The number of fused-ring (bicyclic) bond motifs is 1. The van der Waals surface area contributed by atoms with Crippen molar-refractivity contribution in [2.75, 3.05) is 6.79 Å². The minimum atomic E-state index is -0.434. The van der Waals surface area contributed by atoms with Crippen LogP contribution in [0.4, 0.5) is 0 Å². The normalized spacial score (nSPS) is 12.1. The number of hydrogen-bond acceptors (Lipinski definition) is 5. The largest absolute Gasteiger partial charge is 0.461 e. The molecule has 0 atom stereocenters. The number of aryl methyl sites for hydroxylation is 2. The van der Waals surface area contributed by atoms with Crippen LogP contribution in [0.3, 0.4) is 0 Å². The van der Waals surface area contributed by atoms with Crippen LogP contribution in [0.2, 0.25) is 5.02 Å². The van der Waals surface area contributed by atoms with Gasteiger partial charge in [-0.3, -0.25) is 9.59 Å². The molecule has 0 spiro atoms. The molecule has 0 aliphatic carbocycles. The maximum absolute atomic E-state index is 12.2. The van der Waals surface area contributed by atoms with Crippen LogP contribution in [0.5, 0.6) is 11.5 Å². The second kappa shape index (κ2) is 7.79. The molecule has 136 valence electrons. The van der Waals surface area contributed by atoms with E-state index in [2.05, 4.69) is 0 Å². The Morgan fingerprint density at radius 2 is 1.88 bits per heavy atom. The van der Waals surface area contributed by atoms with Crippen LogP contribution in [0.1, 0.15) is 39.9 Å². The standard InChI is InChI=1S/C20H19ClO5/c1-12-3-4-15(7-13(12)2)17(22)5-6-19(23)24-10-14-8-16(21)20-18(9-14)25-11-26-20/h3-4,7-9H,5-6,10-11H2,1-2H3. The third-order valence-electron chi connectivity index (χ3n) is 4.27. The Kier molecular flexibility index (Phi) is 5.47. The molecule has 1 aliphatic heterocycles. The summed E-state index contributed by atoms with van der Waals surface area (Å²) in [5.41, 5.74) is 3.50. The first-order chi connectivity index (χ1) is 12.4. The lowest BCUT2D eigenvalue weighted by Crippen LogP contribution is -2.08. The molecule has 0 saturated carbocycles. The molecule has 0 N–H and O–H groups in total. The molecule has 26 heavy (non-hydrogen) atoms. The number of ketones is 1. The SMILES string of the molecule is Cc1ccc(C(=O)CCC(=O)OCc2cc(Cl)c3c(c2)OCO3)cc1C. The number of rotatable bonds is 6. The Labute approximate surface area is 156 Å². The molecule has 0 unspecified atom stereocenters. The highest BCUT2D eigenvalue weighted by Crippen LogP contribution is 2.39. The first kappa shape index (κ1) is 18.3. The number of ether oxygens (including phenoxy) is 3. The van der Waals surface area contributed by atoms with E-state index in [0.717, 1.165) is 11.1 Å². The van der Waals surface area contributed by atoms with Crippen LogP contribution >= 0.6 is 11.6 Å². The quantitative estimate of drug-likeness (QED) is 0.554. The van der Waals surface area contributed by atoms with Gasteiger partial charge in [0.15, 0.2) is 17.3 Å². The Bertz CT molecular complexity index is 860. The summed E-state index contributed by atoms with van der Waals surface area (Å²) < 4.78 is 15.7. The van der Waals surface area contributed by atoms with Gasteiger partial charge >= 0.3 is 5.97 Å². The van der Waals surface area contributed by atoms with Crippen molar-refractivity contribution in [3.63, 3.8) is 0 Å². The number of benzene rings is 2. The first-order valence-corrected chi connectivity index (χ1v) is 8.66. The second-order valence-electron chi connectivity index (χ2n) is 6.19. The van der Waals surface area contributed by atoms with Crippen molar-refractivity contribution in [1.29, 1.82) is 0 Å². The molecule has 0 fully saturated rings. The van der Waals surface area contributed by atoms with E-state index in [4.69, 9.17) is 25.8 Å². The molecule has 3 rings (SSSR count). The summed E-state index contributed by atoms with van der Waals surface area (Å²) in [4.78, 5) is 24.1. The average molecular weight is 375 g/mol. The van der Waals surface area contributed by atoms with Gasteiger partial charge in [0.1, 0.15) is 6.61 Å². The van der Waals surface area contributed by atoms with Crippen molar-refractivity contribution in [3.8, 4) is 11.5 Å². The van der Waals surface area contributed by atoms with E-state index >= 15 is 0 Å². The topological polar surface area (TPSA) is 61.8 Å². The summed E-state index contributed by atoms with van der Waals surface area (Å²) in [5.74, 6) is 0.529. The van der Waals surface area contributed by atoms with Crippen LogP contribution in [0.25, 0.3) is 0 Å². The van der Waals surface area contributed by atoms with Gasteiger partial charge < -0.3 is 14.2 Å². The Morgan fingerprint density at radius 3 is 2.65 bits per heavy atom. The van der Waals surface area contributed by atoms with Gasteiger partial charge in [-0.15, -0.1) is 0 Å². The van der Waals surface area contributed by atoms with E-state index in [1.165, 1.54) is 0 Å². The van der Waals surface area contributed by atoms with Gasteiger partial charge in [-0.25, -0.2) is 0 Å². The summed E-state index contributed by atoms with van der Waals surface area (Å²) in [7, 11) is 0. The number of carbonyl (C=O) groups excluding carboxylic acids is 2. The van der Waals surface area contributed by atoms with Crippen LogP contribution in [-0.2, 0) is 16.1 Å². The van der Waals surface area contributed by atoms with E-state index < -0.39 is 5.97 Å². The van der Waals surface area contributed by atoms with Crippen LogP contribution < -0.4 is 9.47 Å². The van der Waals surface area contributed by atoms with Crippen molar-refractivity contribution in [2.24, 2.45) is 0 Å². The first-order valence-electron chi connectivity index (χ1n) is 8.28. The Balaban J connectivity index is 1.51. The van der Waals surface area contributed by atoms with Crippen molar-refractivity contribution < 1.29 is 23.8 Å². The zero-order valence-corrected chi connectivity index (χ0v) is 15.4. The van der Waals surface area contributed by atoms with Crippen LogP contribution in [0.15, 0.2) is 30.3 Å². The maximum Gasteiger partial charge on any atom is 0.306 e. The van der Waals surface area contributed by atoms with Crippen molar-refractivity contribution in [2.45, 2.75) is 33.3 Å². The lowest BCUT2D eigenvalue weighted by molar-refractivity contribution is -0.144. The molecule has 0 saturated heterocycles. The van der Waals surface area contributed by atoms with Gasteiger partial charge in [-0.05, 0) is 48.7 Å². The van der Waals surface area contributed by atoms with Gasteiger partial charge in [-0.2, -0.15) is 0 Å². The fraction of sp³-hybridized carbons (Fsp3) is 0.300. The van der Waals surface area contributed by atoms with Crippen LogP contribution in [-0.4, -0.2) is 18.5 Å². The molecule has 1 aliphatic rings. The zero-order chi connectivity index (χ0) is 18.7. The average Bonchev–Trinajstić information content (AvgIpc) is 3.09. The number of hydrogen-bond donors (Lipinski definition) is 0. The highest BCUT2D eigenvalue weighted by atomic mass is 35.5. The minimum absolute atomic E-state index is 0.0318. The summed E-state index contributed by atoms with van der Waals surface area (Å²) in [5, 5.41) is 0.413. The second-order valence-corrected chi connectivity index (χ2v) is 6.60. The van der Waals surface area contributed by atoms with Crippen LogP contribution in [0, 0.1) is 13.8 Å². The summed E-state index contributed by atoms with van der Waals surface area (Å²) in [6.07, 6.45) is 0.146. The fourth-order valence-corrected chi connectivity index (χ4v) is 2.90. The summed E-state index contributed by atoms with van der Waals surface area (Å²) >= 11 is 6.09. The van der Waals surface area contributed by atoms with E-state index in [9.17, 15) is 9.59 Å². The molecule has 0 amide bonds. The number of Topliss-reactive ketones (excluding diaryl/α,β-unsaturated/α-hetero) is 1. The molecule has 0 aromatic heterocycles. The summed E-state index contributed by atoms with van der Waals surface area (Å²) in [6.45, 7) is 4.13. The molecular weight excluding hydrogens is 356 g/mol. The van der Waals surface area contributed by atoms with E-state index in [-0.39, 0.29) is 32.0 Å². The van der Waals surface area contributed by atoms with Gasteiger partial charge in [0, 0.05) is 12.0 Å². The fourth-order valence-electron chi connectivity index (χ4n) is 2.61. The lowest BCUT2D eigenvalue weighted by Gasteiger charge is -2.07. The molecule has 0 bridgehead atoms. The molecule has 2 aromatic rings. The molecule has 1 heterocycles. The van der Waals surface area contributed by atoms with E-state index in [1.54, 1.807) is 18.2 Å². The Hall–Kier alpha value is -2.53. The monoisotopic (exact) mass is 374 g/mol. The highest BCUT2D eigenvalue weighted by molar-refractivity contribution is 6.32. The molecule has 5 nitrogen and oxygen atoms in total. The van der Waals surface area contributed by atoms with E-state index in [0.29, 0.717) is 27.6 Å². The number of carbonyl (C=O) groups is 2. The minimum Gasteiger partial charge on any atom is -0.461 e. The van der Waals surface area contributed by atoms with Crippen molar-refractivity contribution in [3.05, 3.63) is 57.6 Å². The lowest BCUT2D eigenvalue weighted by atomic mass is 10.0. The van der Waals surface area contributed by atoms with Crippen molar-refractivity contribution >= 4 is 23.4 Å². The predicted molar refractivity (Wildman–Crippen MR) is 96.9 cm³/mol. The smallest absolute Gasteiger partial charge is 0.306 e. The third kappa shape index (κ3) is 4.17. The van der Waals surface area contributed by atoms with E-state index in [1.807, 2.05) is 26.0 Å². The highest BCUT2D eigenvalue weighted by Gasteiger charge is 2.19. The molecule has 0 radical (unpaired) electrons. The number of esters is 1. The summed E-state index contributed by atoms with van der Waals surface area (Å²) in [6, 6.07) is 8.93. The zero-order valence-electron chi connectivity index (χ0n) is 14.6. The van der Waals surface area contributed by atoms with Crippen molar-refractivity contribution in [1.82, 2.24) is 0 Å². The van der Waals surface area contributed by atoms with Gasteiger partial charge in [0.05, 0.1) is 11.4 Å². The van der Waals surface area contributed by atoms with Gasteiger partial charge in [0.25, 0.3) is 0 Å². The number of halogens is 1. The maximum atomic E-state index is 12.2. The third-order valence-corrected chi connectivity index (χ3v) is 4.55. The molecule has 2 aromatic carbocycles. The van der Waals surface area contributed by atoms with Gasteiger partial charge in [0.2, 0.25) is 6.79 Å². The molecular formula is C20H19ClO5. The Morgan fingerprint density at radius 1 is 1.08 bits per heavy atom. The predicted octanol–water partition coefficient (Wildman–Crippen LogP) is 4.39.